The zero-order valence-corrected chi connectivity index (χ0v) is 27.5. The zero-order valence-electron chi connectivity index (χ0n) is 27.5. The SMILES string of the molecule is CCCCCCCCCCCCCCCCCCn1cc[n+](CCCCCCCCC)c1CCCCCCC. The molecule has 39 heavy (non-hydrogen) atoms. The van der Waals surface area contributed by atoms with Gasteiger partial charge in [-0.05, 0) is 32.1 Å². The number of aromatic nitrogens is 2. The molecule has 0 fully saturated rings. The second-order valence-electron chi connectivity index (χ2n) is 12.7. The fourth-order valence-electron chi connectivity index (χ4n) is 6.15. The van der Waals surface area contributed by atoms with Crippen molar-refractivity contribution in [1.82, 2.24) is 4.57 Å². The predicted molar refractivity (Wildman–Crippen MR) is 175 cm³/mol. The molecule has 0 radical (unpaired) electrons. The summed E-state index contributed by atoms with van der Waals surface area (Å²) in [5.41, 5.74) is 0. The van der Waals surface area contributed by atoms with Crippen LogP contribution in [0.5, 0.6) is 0 Å². The lowest BCUT2D eigenvalue weighted by Crippen LogP contribution is -2.37. The summed E-state index contributed by atoms with van der Waals surface area (Å²) in [5.74, 6) is 1.61. The highest BCUT2D eigenvalue weighted by Gasteiger charge is 2.16. The Morgan fingerprint density at radius 1 is 0.436 bits per heavy atom. The molecule has 0 aliphatic heterocycles. The maximum Gasteiger partial charge on any atom is 0.256 e. The molecule has 0 unspecified atom stereocenters. The van der Waals surface area contributed by atoms with Crippen LogP contribution in [0.3, 0.4) is 0 Å². The van der Waals surface area contributed by atoms with Gasteiger partial charge in [-0.2, -0.15) is 0 Å². The lowest BCUT2D eigenvalue weighted by molar-refractivity contribution is -0.704. The number of imidazole rings is 1. The van der Waals surface area contributed by atoms with E-state index in [0.29, 0.717) is 0 Å². The normalized spacial score (nSPS) is 11.6. The quantitative estimate of drug-likeness (QED) is 0.0648. The second kappa shape index (κ2) is 28.7. The molecule has 230 valence electrons. The van der Waals surface area contributed by atoms with Gasteiger partial charge in [0.15, 0.2) is 0 Å². The summed E-state index contributed by atoms with van der Waals surface area (Å²) in [6, 6.07) is 0. The van der Waals surface area contributed by atoms with Crippen LogP contribution in [0.2, 0.25) is 0 Å². The Bertz CT molecular complexity index is 605. The van der Waals surface area contributed by atoms with Crippen molar-refractivity contribution in [2.45, 2.75) is 220 Å². The molecule has 0 amide bonds. The van der Waals surface area contributed by atoms with Gasteiger partial charge in [-0.25, -0.2) is 9.13 Å². The van der Waals surface area contributed by atoms with Gasteiger partial charge in [0.2, 0.25) is 0 Å². The van der Waals surface area contributed by atoms with E-state index in [-0.39, 0.29) is 0 Å². The third-order valence-electron chi connectivity index (χ3n) is 8.85. The Morgan fingerprint density at radius 3 is 1.23 bits per heavy atom. The Kier molecular flexibility index (Phi) is 26.7. The van der Waals surface area contributed by atoms with Crippen molar-refractivity contribution in [2.75, 3.05) is 0 Å². The van der Waals surface area contributed by atoms with E-state index in [1.165, 1.54) is 199 Å². The van der Waals surface area contributed by atoms with Gasteiger partial charge < -0.3 is 0 Å². The third kappa shape index (κ3) is 21.6. The minimum Gasteiger partial charge on any atom is -0.234 e. The van der Waals surface area contributed by atoms with Crippen molar-refractivity contribution in [3.63, 3.8) is 0 Å². The van der Waals surface area contributed by atoms with E-state index in [4.69, 9.17) is 0 Å². The molecule has 0 aliphatic carbocycles. The number of nitrogens with zero attached hydrogens (tertiary/aromatic N) is 2. The van der Waals surface area contributed by atoms with Gasteiger partial charge >= 0.3 is 0 Å². The molecule has 0 atom stereocenters. The molecule has 0 spiro atoms. The van der Waals surface area contributed by atoms with Crippen LogP contribution in [0.15, 0.2) is 12.4 Å². The largest absolute Gasteiger partial charge is 0.256 e. The van der Waals surface area contributed by atoms with Crippen molar-refractivity contribution < 1.29 is 4.57 Å². The average molecular weight is 546 g/mol. The van der Waals surface area contributed by atoms with Gasteiger partial charge in [-0.15, -0.1) is 0 Å². The lowest BCUT2D eigenvalue weighted by atomic mass is 10.0. The first-order valence-corrected chi connectivity index (χ1v) is 18.4. The molecule has 0 saturated carbocycles. The van der Waals surface area contributed by atoms with Crippen LogP contribution in [0.4, 0.5) is 0 Å². The Balaban J connectivity index is 2.16. The summed E-state index contributed by atoms with van der Waals surface area (Å²) in [4.78, 5) is 0. The lowest BCUT2D eigenvalue weighted by Gasteiger charge is -2.07. The Labute approximate surface area is 247 Å². The number of hydrogen-bond acceptors (Lipinski definition) is 0. The van der Waals surface area contributed by atoms with Gasteiger partial charge in [0.05, 0.1) is 13.1 Å². The van der Waals surface area contributed by atoms with Crippen LogP contribution in [0.25, 0.3) is 0 Å². The Morgan fingerprint density at radius 2 is 0.795 bits per heavy atom. The Hall–Kier alpha value is -0.790. The summed E-state index contributed by atoms with van der Waals surface area (Å²) in [6.07, 6.45) is 45.9. The number of unbranched alkanes of at least 4 members (excludes halogenated alkanes) is 25. The van der Waals surface area contributed by atoms with E-state index in [1.807, 2.05) is 0 Å². The van der Waals surface area contributed by atoms with E-state index >= 15 is 0 Å². The third-order valence-corrected chi connectivity index (χ3v) is 8.85. The molecule has 2 nitrogen and oxygen atoms in total. The van der Waals surface area contributed by atoms with E-state index < -0.39 is 0 Å². The van der Waals surface area contributed by atoms with Crippen LogP contribution in [0.1, 0.15) is 206 Å². The molecule has 1 aromatic rings. The molecule has 2 heteroatoms. The first-order valence-electron chi connectivity index (χ1n) is 18.4. The van der Waals surface area contributed by atoms with Crippen LogP contribution in [-0.4, -0.2) is 4.57 Å². The molecular weight excluding hydrogens is 472 g/mol. The second-order valence-corrected chi connectivity index (χ2v) is 12.7. The van der Waals surface area contributed by atoms with E-state index in [9.17, 15) is 0 Å². The first-order chi connectivity index (χ1) is 19.3. The molecule has 1 heterocycles. The van der Waals surface area contributed by atoms with Crippen molar-refractivity contribution in [3.8, 4) is 0 Å². The standard InChI is InChI=1S/C37H73N2/c1-4-7-10-13-15-16-17-18-19-20-21-22-23-25-28-31-34-39-36-35-38(33-30-27-24-14-11-8-5-2)37(39)32-29-26-12-9-6-3/h35-36H,4-34H2,1-3H3/q+1. The smallest absolute Gasteiger partial charge is 0.234 e. The molecule has 0 aromatic carbocycles. The number of rotatable bonds is 31. The van der Waals surface area contributed by atoms with Gasteiger partial charge in [-0.1, -0.05) is 168 Å². The van der Waals surface area contributed by atoms with Crippen molar-refractivity contribution in [3.05, 3.63) is 18.2 Å². The fraction of sp³-hybridized carbons (Fsp3) is 0.919. The minimum atomic E-state index is 1.23. The van der Waals surface area contributed by atoms with Crippen LogP contribution < -0.4 is 4.57 Å². The molecule has 0 bridgehead atoms. The monoisotopic (exact) mass is 546 g/mol. The van der Waals surface area contributed by atoms with Gasteiger partial charge in [0, 0.05) is 6.42 Å². The maximum atomic E-state index is 2.62. The molecule has 1 rings (SSSR count). The number of hydrogen-bond donors (Lipinski definition) is 0. The highest BCUT2D eigenvalue weighted by molar-refractivity contribution is 4.84. The highest BCUT2D eigenvalue weighted by Crippen LogP contribution is 2.15. The summed E-state index contributed by atoms with van der Waals surface area (Å²) >= 11 is 0. The molecule has 0 aliphatic rings. The average Bonchev–Trinajstić information content (AvgIpc) is 3.33. The topological polar surface area (TPSA) is 8.81 Å². The van der Waals surface area contributed by atoms with Gasteiger partial charge in [-0.3, -0.25) is 0 Å². The minimum absolute atomic E-state index is 1.23. The summed E-state index contributed by atoms with van der Waals surface area (Å²) in [5, 5.41) is 0. The van der Waals surface area contributed by atoms with Gasteiger partial charge in [0.1, 0.15) is 12.4 Å². The van der Waals surface area contributed by atoms with Gasteiger partial charge in [0.25, 0.3) is 5.82 Å². The molecular formula is C37H73N2+. The van der Waals surface area contributed by atoms with Crippen LogP contribution in [-0.2, 0) is 19.5 Å². The van der Waals surface area contributed by atoms with Crippen molar-refractivity contribution in [1.29, 1.82) is 0 Å². The molecule has 0 saturated heterocycles. The summed E-state index contributed by atoms with van der Waals surface area (Å²) in [7, 11) is 0. The molecule has 0 N–H and O–H groups in total. The van der Waals surface area contributed by atoms with Crippen LogP contribution >= 0.6 is 0 Å². The van der Waals surface area contributed by atoms with Crippen molar-refractivity contribution >= 4 is 0 Å². The predicted octanol–water partition coefficient (Wildman–Crippen LogP) is 12.3. The van der Waals surface area contributed by atoms with E-state index in [0.717, 1.165) is 0 Å². The van der Waals surface area contributed by atoms with Crippen LogP contribution in [0, 0.1) is 0 Å². The first kappa shape index (κ1) is 36.2. The molecule has 1 aromatic heterocycles. The van der Waals surface area contributed by atoms with E-state index in [1.54, 1.807) is 5.82 Å². The summed E-state index contributed by atoms with van der Waals surface area (Å²) in [6.45, 7) is 9.39. The summed E-state index contributed by atoms with van der Waals surface area (Å²) < 4.78 is 5.23. The number of aryl methyl sites for hydroxylation is 2. The fourth-order valence-corrected chi connectivity index (χ4v) is 6.15. The maximum absolute atomic E-state index is 2.62. The highest BCUT2D eigenvalue weighted by atomic mass is 15.1. The van der Waals surface area contributed by atoms with E-state index in [2.05, 4.69) is 42.3 Å². The van der Waals surface area contributed by atoms with Crippen molar-refractivity contribution in [2.24, 2.45) is 0 Å². The zero-order chi connectivity index (χ0) is 28.1.